The highest BCUT2D eigenvalue weighted by Crippen LogP contribution is 2.53. The molecule has 7 rings (SSSR count). The fourth-order valence-corrected chi connectivity index (χ4v) is 7.58. The number of imidazole rings is 2. The number of phosphoric ester groups is 1. The zero-order valence-corrected chi connectivity index (χ0v) is 25.2. The Bertz CT molecular complexity index is 1950. The van der Waals surface area contributed by atoms with Gasteiger partial charge in [0.05, 0.1) is 25.9 Å². The van der Waals surface area contributed by atoms with Gasteiger partial charge in [-0.05, 0) is 7.05 Å². The number of nitrogens with one attached hydrogen (secondary N) is 2. The first kappa shape index (κ1) is 31.2. The highest BCUT2D eigenvalue weighted by Gasteiger charge is 2.54. The highest BCUT2D eigenvalue weighted by atomic mass is 31.2. The second-order valence-corrected chi connectivity index (χ2v) is 13.7. The molecule has 248 valence electrons. The average Bonchev–Trinajstić information content (AvgIpc) is 3.77. The third-order valence-electron chi connectivity index (χ3n) is 7.61. The minimum atomic E-state index is -5.02. The topological polar surface area (TPSA) is 321 Å². The molecule has 0 saturated carbocycles. The van der Waals surface area contributed by atoms with E-state index in [4.69, 9.17) is 39.0 Å². The summed E-state index contributed by atoms with van der Waals surface area (Å²) < 4.78 is 63.4. The van der Waals surface area contributed by atoms with Gasteiger partial charge in [-0.1, -0.05) is 0 Å². The lowest BCUT2D eigenvalue weighted by molar-refractivity contribution is -0.0636. The summed E-state index contributed by atoms with van der Waals surface area (Å²) in [5.41, 5.74) is 11.1. The lowest BCUT2D eigenvalue weighted by atomic mass is 10.1. The first-order valence-electron chi connectivity index (χ1n) is 13.5. The lowest BCUT2D eigenvalue weighted by Gasteiger charge is -2.27. The number of anilines is 2. The maximum Gasteiger partial charge on any atom is 0.472 e. The summed E-state index contributed by atoms with van der Waals surface area (Å²) in [6, 6.07) is 0. The predicted molar refractivity (Wildman–Crippen MR) is 150 cm³/mol. The Balaban J connectivity index is 1.22. The normalized spacial score (nSPS) is 37.1. The van der Waals surface area contributed by atoms with Gasteiger partial charge in [-0.3, -0.25) is 37.0 Å². The monoisotopic (exact) mass is 687 g/mol. The van der Waals surface area contributed by atoms with E-state index in [0.29, 0.717) is 0 Å². The number of H-pyrrole nitrogens is 1. The van der Waals surface area contributed by atoms with Crippen LogP contribution < -0.4 is 22.1 Å². The minimum absolute atomic E-state index is 0.0609. The van der Waals surface area contributed by atoms with Crippen LogP contribution in [0.15, 0.2) is 23.8 Å². The molecule has 25 heteroatoms. The van der Waals surface area contributed by atoms with E-state index < -0.39 is 83.4 Å². The Morgan fingerprint density at radius 1 is 0.913 bits per heavy atom. The van der Waals surface area contributed by atoms with Gasteiger partial charge < -0.3 is 36.0 Å². The number of phosphoric acid groups is 1. The van der Waals surface area contributed by atoms with Crippen LogP contribution in [0.2, 0.25) is 0 Å². The summed E-state index contributed by atoms with van der Waals surface area (Å²) in [6.45, 7) is -1.39. The molecular weight excluding hydrogens is 660 g/mol. The molecule has 3 aliphatic rings. The van der Waals surface area contributed by atoms with Gasteiger partial charge in [0.15, 0.2) is 35.1 Å². The van der Waals surface area contributed by atoms with E-state index in [9.17, 15) is 29.0 Å². The van der Waals surface area contributed by atoms with Crippen molar-refractivity contribution in [3.63, 3.8) is 0 Å². The molecule has 2 bridgehead atoms. The number of aliphatic hydroxyl groups is 2. The number of fused-ring (bicyclic) bond motifs is 5. The number of aliphatic hydroxyl groups excluding tert-OH is 2. The molecular formula is C21H27N11O12P2. The number of ether oxygens (including phenoxy) is 2. The summed E-state index contributed by atoms with van der Waals surface area (Å²) in [7, 11) is -8.14. The van der Waals surface area contributed by atoms with Crippen LogP contribution in [0.25, 0.3) is 22.3 Å². The van der Waals surface area contributed by atoms with Crippen LogP contribution in [-0.4, -0.2) is 111 Å². The summed E-state index contributed by atoms with van der Waals surface area (Å²) >= 11 is 0. The van der Waals surface area contributed by atoms with Crippen LogP contribution in [-0.2, 0) is 36.7 Å². The zero-order valence-electron chi connectivity index (χ0n) is 23.5. The molecule has 6 unspecified atom stereocenters. The second kappa shape index (κ2) is 11.4. The molecule has 0 amide bonds. The van der Waals surface area contributed by atoms with E-state index in [1.807, 2.05) is 0 Å². The maximum absolute atomic E-state index is 13.9. The largest absolute Gasteiger partial charge is 0.472 e. The van der Waals surface area contributed by atoms with Crippen LogP contribution in [0, 0.1) is 0 Å². The van der Waals surface area contributed by atoms with E-state index in [2.05, 4.69) is 35.0 Å². The van der Waals surface area contributed by atoms with E-state index in [0.717, 1.165) is 6.33 Å². The summed E-state index contributed by atoms with van der Waals surface area (Å²) in [5.74, 6) is -0.183. The molecule has 7 heterocycles. The van der Waals surface area contributed by atoms with Crippen molar-refractivity contribution in [2.24, 2.45) is 0 Å². The first-order valence-corrected chi connectivity index (χ1v) is 16.5. The van der Waals surface area contributed by atoms with Gasteiger partial charge in [-0.2, -0.15) is 4.98 Å². The Morgan fingerprint density at radius 2 is 1.61 bits per heavy atom. The molecule has 0 spiro atoms. The van der Waals surface area contributed by atoms with Crippen molar-refractivity contribution >= 4 is 49.7 Å². The smallest absolute Gasteiger partial charge is 0.387 e. The summed E-state index contributed by atoms with van der Waals surface area (Å²) in [5, 5.41) is 24.8. The standard InChI is InChI=1S/C21H27N11O12P2/c1-24-45(36)39-3-8-13(12(34)19(42-8)31-5-27-9-15(22)25-4-26-16(9)31)44-46(37,38)40-2-7-11(33)14(43-45)20(41-7)32-6-28-10-17(32)29-21(23)30-18(10)35/h4-8,11-14,19-20,33-34H,2-3H2,1H3,(H,24,36)(H,37,38)(H2,22,25,26)(H3,23,29,30,35)/t7-,8-,11?,12?,13?,14?,19-,20-,45?/m1/s1. The number of nitrogens with zero attached hydrogens (tertiary/aromatic N) is 7. The molecule has 4 aromatic rings. The molecule has 46 heavy (non-hydrogen) atoms. The van der Waals surface area contributed by atoms with Crippen molar-refractivity contribution in [1.29, 1.82) is 0 Å². The summed E-state index contributed by atoms with van der Waals surface area (Å²) in [6.07, 6.45) is -8.22. The Hall–Kier alpha value is -3.44. The van der Waals surface area contributed by atoms with Gasteiger partial charge in [0.1, 0.15) is 48.5 Å². The Labute approximate surface area is 256 Å². The molecule has 10 atom stereocenters. The number of hydrogen-bond donors (Lipinski definition) is 7. The average molecular weight is 687 g/mol. The number of nitrogens with two attached hydrogens (primary N) is 2. The van der Waals surface area contributed by atoms with Gasteiger partial charge in [0, 0.05) is 0 Å². The number of rotatable bonds is 3. The highest BCUT2D eigenvalue weighted by molar-refractivity contribution is 7.51. The van der Waals surface area contributed by atoms with Gasteiger partial charge in [-0.15, -0.1) is 0 Å². The van der Waals surface area contributed by atoms with Crippen LogP contribution in [0.3, 0.4) is 0 Å². The zero-order chi connectivity index (χ0) is 32.5. The quantitative estimate of drug-likeness (QED) is 0.113. The van der Waals surface area contributed by atoms with Crippen molar-refractivity contribution < 1.29 is 51.8 Å². The van der Waals surface area contributed by atoms with Gasteiger partial charge in [-0.25, -0.2) is 34.2 Å². The SMILES string of the molecule is CNP1(=O)OC[C@H]2O[C@@H](n3cnc4c(N)ncnc43)C(O)C2OP(=O)(O)OC[C@H]2O[C@@H](n3cnc4c(=O)[nH]c(N)nc43)C(O1)C2O. The van der Waals surface area contributed by atoms with Gasteiger partial charge >= 0.3 is 15.6 Å². The molecule has 9 N–H and O–H groups in total. The Morgan fingerprint density at radius 3 is 2.37 bits per heavy atom. The van der Waals surface area contributed by atoms with Crippen molar-refractivity contribution in [2.45, 2.75) is 49.1 Å². The maximum atomic E-state index is 13.9. The fourth-order valence-electron chi connectivity index (χ4n) is 5.42. The first-order chi connectivity index (χ1) is 21.9. The third-order valence-corrected chi connectivity index (χ3v) is 10.2. The molecule has 3 aliphatic heterocycles. The molecule has 0 aromatic carbocycles. The van der Waals surface area contributed by atoms with Crippen molar-refractivity contribution in [3.05, 3.63) is 29.3 Å². The lowest BCUT2D eigenvalue weighted by Crippen LogP contribution is -2.37. The minimum Gasteiger partial charge on any atom is -0.387 e. The second-order valence-electron chi connectivity index (χ2n) is 10.4. The number of aromatic amines is 1. The molecule has 3 saturated heterocycles. The van der Waals surface area contributed by atoms with Crippen LogP contribution in [0.1, 0.15) is 12.5 Å². The molecule has 0 aliphatic carbocycles. The van der Waals surface area contributed by atoms with Gasteiger partial charge in [0.2, 0.25) is 5.95 Å². The van der Waals surface area contributed by atoms with Crippen LogP contribution >= 0.6 is 15.6 Å². The molecule has 4 aromatic heterocycles. The fraction of sp³-hybridized carbons (Fsp3) is 0.524. The summed E-state index contributed by atoms with van der Waals surface area (Å²) in [4.78, 5) is 45.5. The molecule has 0 radical (unpaired) electrons. The molecule has 23 nitrogen and oxygen atoms in total. The van der Waals surface area contributed by atoms with E-state index in [1.54, 1.807) is 0 Å². The predicted octanol–water partition coefficient (Wildman–Crippen LogP) is -2.11. The van der Waals surface area contributed by atoms with E-state index in [1.165, 1.54) is 28.8 Å². The van der Waals surface area contributed by atoms with Crippen molar-refractivity contribution in [2.75, 3.05) is 31.7 Å². The number of aromatic nitrogens is 8. The van der Waals surface area contributed by atoms with Crippen molar-refractivity contribution in [3.8, 4) is 0 Å². The van der Waals surface area contributed by atoms with E-state index >= 15 is 0 Å². The number of nitrogen functional groups attached to an aromatic ring is 2. The van der Waals surface area contributed by atoms with E-state index in [-0.39, 0.29) is 34.1 Å². The van der Waals surface area contributed by atoms with Gasteiger partial charge in [0.25, 0.3) is 5.56 Å². The Kier molecular flexibility index (Phi) is 7.70. The third kappa shape index (κ3) is 5.29. The van der Waals surface area contributed by atoms with Crippen molar-refractivity contribution in [1.82, 2.24) is 44.1 Å². The van der Waals surface area contributed by atoms with Crippen LogP contribution in [0.5, 0.6) is 0 Å². The number of hydrogen-bond acceptors (Lipinski definition) is 18. The van der Waals surface area contributed by atoms with Crippen LogP contribution in [0.4, 0.5) is 11.8 Å². The molecule has 3 fully saturated rings.